The number of alkyl halides is 3. The molecule has 3 rings (SSSR count). The standard InChI is InChI=1S/C23H18F3NO4/c1-2-11-31-21-6-4-3-5-17(21)16-9-7-15(12-18(16)23(24,25)26)8-10-22(30)27-13-19(28)20(29)14-27/h1,3-7,9,12,19-20,28-29H,11,13-14H2/t19-,20+. The molecule has 8 heteroatoms. The summed E-state index contributed by atoms with van der Waals surface area (Å²) in [5.41, 5.74) is -0.828. The molecule has 1 aliphatic heterocycles. The molecule has 2 aromatic rings. The predicted molar refractivity (Wildman–Crippen MR) is 107 cm³/mol. The second-order valence-corrected chi connectivity index (χ2v) is 6.84. The number of para-hydroxylation sites is 1. The smallest absolute Gasteiger partial charge is 0.417 e. The minimum atomic E-state index is -4.68. The molecule has 1 heterocycles. The van der Waals surface area contributed by atoms with Crippen LogP contribution in [-0.2, 0) is 11.0 Å². The van der Waals surface area contributed by atoms with Gasteiger partial charge in [-0.1, -0.05) is 36.1 Å². The summed E-state index contributed by atoms with van der Waals surface area (Å²) in [5, 5.41) is 19.0. The zero-order valence-corrected chi connectivity index (χ0v) is 16.2. The summed E-state index contributed by atoms with van der Waals surface area (Å²) in [7, 11) is 0. The van der Waals surface area contributed by atoms with Crippen LogP contribution in [0.5, 0.6) is 5.75 Å². The molecule has 0 unspecified atom stereocenters. The van der Waals surface area contributed by atoms with Crippen molar-refractivity contribution < 1.29 is 32.9 Å². The van der Waals surface area contributed by atoms with E-state index in [1.54, 1.807) is 12.1 Å². The Morgan fingerprint density at radius 2 is 1.81 bits per heavy atom. The second kappa shape index (κ2) is 9.13. The van der Waals surface area contributed by atoms with Crippen molar-refractivity contribution in [3.63, 3.8) is 0 Å². The van der Waals surface area contributed by atoms with Crippen LogP contribution in [0.1, 0.15) is 11.1 Å². The van der Waals surface area contributed by atoms with E-state index >= 15 is 0 Å². The third-order valence-electron chi connectivity index (χ3n) is 4.67. The van der Waals surface area contributed by atoms with E-state index in [1.807, 2.05) is 0 Å². The number of rotatable bonds is 3. The molecule has 2 aromatic carbocycles. The summed E-state index contributed by atoms with van der Waals surface area (Å²) in [6, 6.07) is 9.73. The van der Waals surface area contributed by atoms with Crippen LogP contribution >= 0.6 is 0 Å². The van der Waals surface area contributed by atoms with Gasteiger partial charge in [0.2, 0.25) is 0 Å². The van der Waals surface area contributed by atoms with Gasteiger partial charge in [0, 0.05) is 17.0 Å². The Balaban J connectivity index is 1.95. The number of ether oxygens (including phenoxy) is 1. The molecule has 0 aliphatic carbocycles. The summed E-state index contributed by atoms with van der Waals surface area (Å²) >= 11 is 0. The maximum Gasteiger partial charge on any atom is 0.417 e. The number of aliphatic hydroxyl groups is 2. The Bertz CT molecular complexity index is 1070. The van der Waals surface area contributed by atoms with E-state index in [4.69, 9.17) is 11.2 Å². The summed E-state index contributed by atoms with van der Waals surface area (Å²) in [4.78, 5) is 13.2. The number of terminal acetylenes is 1. The molecule has 0 radical (unpaired) electrons. The van der Waals surface area contributed by atoms with Crippen molar-refractivity contribution in [3.05, 3.63) is 53.6 Å². The van der Waals surface area contributed by atoms with Crippen LogP contribution in [-0.4, -0.2) is 52.9 Å². The van der Waals surface area contributed by atoms with Gasteiger partial charge in [-0.2, -0.15) is 13.2 Å². The highest BCUT2D eigenvalue weighted by molar-refractivity contribution is 5.94. The van der Waals surface area contributed by atoms with Crippen LogP contribution < -0.4 is 4.74 Å². The van der Waals surface area contributed by atoms with Crippen LogP contribution in [0.3, 0.4) is 0 Å². The van der Waals surface area contributed by atoms with Gasteiger partial charge < -0.3 is 19.8 Å². The lowest BCUT2D eigenvalue weighted by Gasteiger charge is -2.16. The normalized spacial score (nSPS) is 18.1. The number of benzene rings is 2. The molecule has 2 atom stereocenters. The van der Waals surface area contributed by atoms with Gasteiger partial charge in [-0.15, -0.1) is 6.42 Å². The summed E-state index contributed by atoms with van der Waals surface area (Å²) in [6.07, 6.45) is -1.65. The number of β-amino-alcohol motifs (C(OH)–C–C–N with tert-alkyl or cyclic N) is 2. The monoisotopic (exact) mass is 429 g/mol. The van der Waals surface area contributed by atoms with Gasteiger partial charge in [0.25, 0.3) is 5.91 Å². The van der Waals surface area contributed by atoms with Gasteiger partial charge in [-0.3, -0.25) is 4.79 Å². The van der Waals surface area contributed by atoms with Gasteiger partial charge in [-0.05, 0) is 23.8 Å². The molecule has 1 amide bonds. The van der Waals surface area contributed by atoms with Crippen molar-refractivity contribution in [2.75, 3.05) is 19.7 Å². The molecule has 0 saturated carbocycles. The van der Waals surface area contributed by atoms with E-state index in [9.17, 15) is 28.2 Å². The molecule has 31 heavy (non-hydrogen) atoms. The highest BCUT2D eigenvalue weighted by atomic mass is 19.4. The van der Waals surface area contributed by atoms with Crippen molar-refractivity contribution >= 4 is 5.91 Å². The maximum atomic E-state index is 13.8. The first-order valence-corrected chi connectivity index (χ1v) is 9.24. The van der Waals surface area contributed by atoms with Crippen LogP contribution in [0.25, 0.3) is 11.1 Å². The molecule has 2 N–H and O–H groups in total. The summed E-state index contributed by atoms with van der Waals surface area (Å²) in [5.74, 6) is 6.48. The van der Waals surface area contributed by atoms with Crippen molar-refractivity contribution in [1.29, 1.82) is 0 Å². The maximum absolute atomic E-state index is 13.8. The topological polar surface area (TPSA) is 70.0 Å². The van der Waals surface area contributed by atoms with Crippen molar-refractivity contribution in [2.45, 2.75) is 18.4 Å². The molecule has 5 nitrogen and oxygen atoms in total. The lowest BCUT2D eigenvalue weighted by Crippen LogP contribution is -2.28. The molecular formula is C23H18F3NO4. The van der Waals surface area contributed by atoms with E-state index in [-0.39, 0.29) is 42.1 Å². The van der Waals surface area contributed by atoms with Crippen LogP contribution in [0.2, 0.25) is 0 Å². The average Bonchev–Trinajstić information content (AvgIpc) is 3.08. The third-order valence-corrected chi connectivity index (χ3v) is 4.67. The molecular weight excluding hydrogens is 411 g/mol. The van der Waals surface area contributed by atoms with Gasteiger partial charge in [0.05, 0.1) is 30.9 Å². The molecule has 1 fully saturated rings. The Labute approximate surface area is 177 Å². The predicted octanol–water partition coefficient (Wildman–Crippen LogP) is 2.30. The van der Waals surface area contributed by atoms with Crippen molar-refractivity contribution in [1.82, 2.24) is 4.90 Å². The SMILES string of the molecule is C#CCOc1ccccc1-c1ccc(C#CC(=O)N2C[C@@H](O)[C@@H](O)C2)cc1C(F)(F)F. The first-order chi connectivity index (χ1) is 14.7. The Hall–Kier alpha value is -3.46. The number of hydrogen-bond acceptors (Lipinski definition) is 4. The fraction of sp³-hybridized carbons (Fsp3) is 0.261. The number of likely N-dealkylation sites (tertiary alicyclic amines) is 1. The Morgan fingerprint density at radius 1 is 1.13 bits per heavy atom. The van der Waals surface area contributed by atoms with Crippen molar-refractivity contribution in [3.8, 4) is 41.1 Å². The van der Waals surface area contributed by atoms with Crippen LogP contribution in [0, 0.1) is 24.2 Å². The van der Waals surface area contributed by atoms with E-state index < -0.39 is 29.9 Å². The minimum absolute atomic E-state index is 0.00765. The fourth-order valence-corrected chi connectivity index (χ4v) is 3.17. The number of carbonyl (C=O) groups is 1. The number of aliphatic hydroxyl groups excluding tert-OH is 2. The largest absolute Gasteiger partial charge is 0.480 e. The molecule has 0 aromatic heterocycles. The number of hydrogen-bond donors (Lipinski definition) is 2. The molecule has 160 valence electrons. The number of halogens is 3. The minimum Gasteiger partial charge on any atom is -0.480 e. The van der Waals surface area contributed by atoms with Gasteiger partial charge >= 0.3 is 6.18 Å². The number of nitrogens with zero attached hydrogens (tertiary/aromatic N) is 1. The molecule has 0 bridgehead atoms. The van der Waals surface area contributed by atoms with Gasteiger partial charge in [0.15, 0.2) is 0 Å². The molecule has 0 spiro atoms. The fourth-order valence-electron chi connectivity index (χ4n) is 3.17. The van der Waals surface area contributed by atoms with Crippen LogP contribution in [0.15, 0.2) is 42.5 Å². The second-order valence-electron chi connectivity index (χ2n) is 6.84. The Kier molecular flexibility index (Phi) is 6.55. The average molecular weight is 429 g/mol. The Morgan fingerprint density at radius 3 is 2.45 bits per heavy atom. The van der Waals surface area contributed by atoms with E-state index in [0.717, 1.165) is 11.0 Å². The lowest BCUT2D eigenvalue weighted by atomic mass is 9.96. The first-order valence-electron chi connectivity index (χ1n) is 9.24. The quantitative estimate of drug-likeness (QED) is 0.735. The number of carbonyl (C=O) groups excluding carboxylic acids is 1. The van der Waals surface area contributed by atoms with E-state index in [0.29, 0.717) is 0 Å². The highest BCUT2D eigenvalue weighted by Crippen LogP contribution is 2.40. The summed E-state index contributed by atoms with van der Waals surface area (Å²) in [6.45, 7) is -0.268. The third kappa shape index (κ3) is 5.18. The zero-order chi connectivity index (χ0) is 22.6. The van der Waals surface area contributed by atoms with Crippen molar-refractivity contribution in [2.24, 2.45) is 0 Å². The first kappa shape index (κ1) is 22.2. The van der Waals surface area contributed by atoms with Gasteiger partial charge in [0.1, 0.15) is 12.4 Å². The highest BCUT2D eigenvalue weighted by Gasteiger charge is 2.35. The summed E-state index contributed by atoms with van der Waals surface area (Å²) < 4.78 is 46.7. The zero-order valence-electron chi connectivity index (χ0n) is 16.2. The lowest BCUT2D eigenvalue weighted by molar-refractivity contribution is -0.137. The molecule has 1 saturated heterocycles. The van der Waals surface area contributed by atoms with Gasteiger partial charge in [-0.25, -0.2) is 0 Å². The number of amides is 1. The molecule has 1 aliphatic rings. The van der Waals surface area contributed by atoms with E-state index in [2.05, 4.69) is 17.8 Å². The van der Waals surface area contributed by atoms with E-state index in [1.165, 1.54) is 24.3 Å². The van der Waals surface area contributed by atoms with Crippen LogP contribution in [0.4, 0.5) is 13.2 Å².